The van der Waals surface area contributed by atoms with Gasteiger partial charge in [-0.2, -0.15) is 0 Å². The first-order valence-electron chi connectivity index (χ1n) is 21.4. The van der Waals surface area contributed by atoms with E-state index in [0.717, 1.165) is 12.8 Å². The molecule has 2 unspecified atom stereocenters. The van der Waals surface area contributed by atoms with Gasteiger partial charge in [0.1, 0.15) is 23.0 Å². The molecule has 0 spiro atoms. The van der Waals surface area contributed by atoms with Crippen molar-refractivity contribution in [3.05, 3.63) is 83.4 Å². The third kappa shape index (κ3) is 17.4. The van der Waals surface area contributed by atoms with E-state index >= 15 is 0 Å². The summed E-state index contributed by atoms with van der Waals surface area (Å²) < 4.78 is 34.1. The van der Waals surface area contributed by atoms with Crippen LogP contribution in [0.5, 0.6) is 23.0 Å². The van der Waals surface area contributed by atoms with Gasteiger partial charge in [0.25, 0.3) is 0 Å². The smallest absolute Gasteiger partial charge is 0.343 e. The Morgan fingerprint density at radius 3 is 1.37 bits per heavy atom. The number of ether oxygens (including phenoxy) is 6. The zero-order chi connectivity index (χ0) is 44.7. The average Bonchev–Trinajstić information content (AvgIpc) is 3.15. The second-order valence-corrected chi connectivity index (χ2v) is 19.4. The van der Waals surface area contributed by atoms with Gasteiger partial charge in [-0.15, -0.1) is 0 Å². The summed E-state index contributed by atoms with van der Waals surface area (Å²) in [5.41, 5.74) is 1.03. The van der Waals surface area contributed by atoms with Crippen LogP contribution in [0.3, 0.4) is 0 Å². The van der Waals surface area contributed by atoms with E-state index < -0.39 is 11.9 Å². The first-order chi connectivity index (χ1) is 28.0. The number of esters is 4. The standard InChI is InChI=1S/C50H70O10/c1-34(2)31-41(49(7,8)9)46(53)57-29-15-13-27-56-39-23-19-37(20-24-39)45(52)60-43-26-25-40(32-35(43)3)59-44(51)36-17-21-38(22-18-36)55-28-14-16-30-58-47(54)42(50(10,11)12)33-48(4,5)6/h17-26,32,34,41-42H,13-16,27-31,33H2,1-12H3. The highest BCUT2D eigenvalue weighted by Crippen LogP contribution is 2.37. The highest BCUT2D eigenvalue weighted by Gasteiger charge is 2.36. The van der Waals surface area contributed by atoms with Crippen molar-refractivity contribution in [2.24, 2.45) is 34.0 Å². The highest BCUT2D eigenvalue weighted by atomic mass is 16.5. The fourth-order valence-electron chi connectivity index (χ4n) is 6.46. The van der Waals surface area contributed by atoms with Crippen molar-refractivity contribution < 1.29 is 47.6 Å². The van der Waals surface area contributed by atoms with E-state index in [4.69, 9.17) is 28.4 Å². The van der Waals surface area contributed by atoms with Crippen molar-refractivity contribution in [1.29, 1.82) is 0 Å². The molecular formula is C50H70O10. The van der Waals surface area contributed by atoms with E-state index in [9.17, 15) is 19.2 Å². The second kappa shape index (κ2) is 22.7. The van der Waals surface area contributed by atoms with E-state index in [1.165, 1.54) is 0 Å². The summed E-state index contributed by atoms with van der Waals surface area (Å²) >= 11 is 0. The zero-order valence-electron chi connectivity index (χ0n) is 38.2. The minimum Gasteiger partial charge on any atom is -0.494 e. The Morgan fingerprint density at radius 2 is 0.950 bits per heavy atom. The maximum absolute atomic E-state index is 12.9. The Labute approximate surface area is 359 Å². The molecule has 0 aromatic heterocycles. The third-order valence-electron chi connectivity index (χ3n) is 10.0. The molecule has 10 heteroatoms. The molecule has 3 aromatic carbocycles. The number of unbranched alkanes of at least 4 members (excludes halogenated alkanes) is 2. The molecule has 330 valence electrons. The van der Waals surface area contributed by atoms with Gasteiger partial charge in [0.15, 0.2) is 0 Å². The molecule has 0 radical (unpaired) electrons. The van der Waals surface area contributed by atoms with E-state index in [1.807, 2.05) is 0 Å². The van der Waals surface area contributed by atoms with Crippen LogP contribution < -0.4 is 18.9 Å². The molecule has 3 rings (SSSR count). The number of hydrogen-bond acceptors (Lipinski definition) is 10. The van der Waals surface area contributed by atoms with Crippen LogP contribution in [-0.2, 0) is 19.1 Å². The van der Waals surface area contributed by atoms with Gasteiger partial charge in [-0.3, -0.25) is 9.59 Å². The van der Waals surface area contributed by atoms with Crippen LogP contribution in [0.15, 0.2) is 66.7 Å². The average molecular weight is 831 g/mol. The van der Waals surface area contributed by atoms with Crippen molar-refractivity contribution in [2.75, 3.05) is 26.4 Å². The van der Waals surface area contributed by atoms with Crippen molar-refractivity contribution in [3.63, 3.8) is 0 Å². The Morgan fingerprint density at radius 1 is 0.533 bits per heavy atom. The highest BCUT2D eigenvalue weighted by molar-refractivity contribution is 5.92. The van der Waals surface area contributed by atoms with Gasteiger partial charge in [-0.1, -0.05) is 76.2 Å². The first kappa shape index (κ1) is 49.5. The molecule has 0 bridgehead atoms. The summed E-state index contributed by atoms with van der Waals surface area (Å²) in [5, 5.41) is 0. The number of carbonyl (C=O) groups is 4. The van der Waals surface area contributed by atoms with E-state index in [-0.39, 0.29) is 40.0 Å². The Kier molecular flexibility index (Phi) is 18.7. The van der Waals surface area contributed by atoms with Gasteiger partial charge in [0.05, 0.1) is 49.4 Å². The normalized spacial score (nSPS) is 12.9. The number of aryl methyl sites for hydroxylation is 1. The summed E-state index contributed by atoms with van der Waals surface area (Å²) in [6.07, 6.45) is 4.37. The predicted octanol–water partition coefficient (Wildman–Crippen LogP) is 11.6. The van der Waals surface area contributed by atoms with Crippen molar-refractivity contribution in [1.82, 2.24) is 0 Å². The van der Waals surface area contributed by atoms with Gasteiger partial charge < -0.3 is 28.4 Å². The lowest BCUT2D eigenvalue weighted by molar-refractivity contribution is -0.154. The van der Waals surface area contributed by atoms with Crippen LogP contribution in [0.2, 0.25) is 0 Å². The molecule has 3 aromatic rings. The fourth-order valence-corrected chi connectivity index (χ4v) is 6.46. The van der Waals surface area contributed by atoms with Crippen LogP contribution >= 0.6 is 0 Å². The predicted molar refractivity (Wildman–Crippen MR) is 235 cm³/mol. The first-order valence-corrected chi connectivity index (χ1v) is 21.4. The molecule has 0 amide bonds. The Balaban J connectivity index is 1.37. The summed E-state index contributed by atoms with van der Waals surface area (Å²) in [4.78, 5) is 51.3. The quantitative estimate of drug-likeness (QED) is 0.0582. The molecule has 0 saturated heterocycles. The minimum absolute atomic E-state index is 0.0298. The minimum atomic E-state index is -0.537. The van der Waals surface area contributed by atoms with Gasteiger partial charge in [0, 0.05) is 0 Å². The second-order valence-electron chi connectivity index (χ2n) is 19.4. The summed E-state index contributed by atoms with van der Waals surface area (Å²) in [6.45, 7) is 26.4. The maximum Gasteiger partial charge on any atom is 0.343 e. The number of hydrogen-bond donors (Lipinski definition) is 0. The van der Waals surface area contributed by atoms with E-state index in [2.05, 4.69) is 76.2 Å². The lowest BCUT2D eigenvalue weighted by Crippen LogP contribution is -2.33. The molecule has 60 heavy (non-hydrogen) atoms. The molecule has 10 nitrogen and oxygen atoms in total. The topological polar surface area (TPSA) is 124 Å². The van der Waals surface area contributed by atoms with E-state index in [1.54, 1.807) is 73.7 Å². The molecule has 0 aliphatic carbocycles. The molecule has 0 aliphatic heterocycles. The van der Waals surface area contributed by atoms with Gasteiger partial charge in [-0.05, 0) is 140 Å². The zero-order valence-corrected chi connectivity index (χ0v) is 38.2. The number of benzene rings is 3. The lowest BCUT2D eigenvalue weighted by atomic mass is 9.72. The van der Waals surface area contributed by atoms with Crippen molar-refractivity contribution >= 4 is 23.9 Å². The van der Waals surface area contributed by atoms with Gasteiger partial charge in [0.2, 0.25) is 0 Å². The summed E-state index contributed by atoms with van der Waals surface area (Å²) in [6, 6.07) is 18.2. The van der Waals surface area contributed by atoms with Gasteiger partial charge >= 0.3 is 23.9 Å². The fraction of sp³-hybridized carbons (Fsp3) is 0.560. The number of rotatable bonds is 21. The lowest BCUT2D eigenvalue weighted by Gasteiger charge is -2.33. The van der Waals surface area contributed by atoms with Crippen LogP contribution in [0.1, 0.15) is 141 Å². The third-order valence-corrected chi connectivity index (χ3v) is 10.0. The van der Waals surface area contributed by atoms with Crippen LogP contribution in [-0.4, -0.2) is 50.3 Å². The molecule has 0 N–H and O–H groups in total. The Hall–Kier alpha value is -4.86. The van der Waals surface area contributed by atoms with E-state index in [0.29, 0.717) is 97.7 Å². The SMILES string of the molecule is Cc1cc(OC(=O)c2ccc(OCCCCOC(=O)C(CC(C)(C)C)C(C)(C)C)cc2)ccc1OC(=O)c1ccc(OCCCCOC(=O)C(CC(C)C)C(C)(C)C)cc1. The molecule has 0 saturated carbocycles. The number of carbonyl (C=O) groups excluding carboxylic acids is 4. The Bertz CT molecular complexity index is 1820. The van der Waals surface area contributed by atoms with Crippen LogP contribution in [0, 0.1) is 40.9 Å². The molecule has 2 atom stereocenters. The van der Waals surface area contributed by atoms with Crippen molar-refractivity contribution in [2.45, 2.75) is 122 Å². The summed E-state index contributed by atoms with van der Waals surface area (Å²) in [5.74, 6) is 0.644. The summed E-state index contributed by atoms with van der Waals surface area (Å²) in [7, 11) is 0. The van der Waals surface area contributed by atoms with Gasteiger partial charge in [-0.25, -0.2) is 9.59 Å². The maximum atomic E-state index is 12.9. The molecule has 0 aliphatic rings. The van der Waals surface area contributed by atoms with Crippen LogP contribution in [0.4, 0.5) is 0 Å². The molecule has 0 heterocycles. The molecule has 0 fully saturated rings. The molecular weight excluding hydrogens is 761 g/mol. The van der Waals surface area contributed by atoms with Crippen LogP contribution in [0.25, 0.3) is 0 Å². The largest absolute Gasteiger partial charge is 0.494 e. The monoisotopic (exact) mass is 830 g/mol. The van der Waals surface area contributed by atoms with Crippen molar-refractivity contribution in [3.8, 4) is 23.0 Å².